The molecule has 0 aromatic heterocycles. The molecular weight excluding hydrogens is 242 g/mol. The van der Waals surface area contributed by atoms with Crippen LogP contribution in [0.5, 0.6) is 0 Å². The third-order valence-corrected chi connectivity index (χ3v) is 6.36. The maximum Gasteiger partial charge on any atom is 0.0816 e. The van der Waals surface area contributed by atoms with Gasteiger partial charge in [0, 0.05) is 11.8 Å². The van der Waals surface area contributed by atoms with Crippen molar-refractivity contribution >= 4 is 0 Å². The van der Waals surface area contributed by atoms with Gasteiger partial charge in [0.15, 0.2) is 0 Å². The average Bonchev–Trinajstić information content (AvgIpc) is 2.62. The molecule has 2 atom stereocenters. The van der Waals surface area contributed by atoms with E-state index in [-0.39, 0.29) is 0 Å². The van der Waals surface area contributed by atoms with Gasteiger partial charge in [0.25, 0.3) is 0 Å². The largest absolute Gasteiger partial charge is 0.328 e. The highest BCUT2D eigenvalue weighted by Crippen LogP contribution is 2.44. The fraction of sp³-hybridized carbons (Fsp3) is 1.00. The number of hydrogen-bond donors (Lipinski definition) is 0. The van der Waals surface area contributed by atoms with Crippen molar-refractivity contribution in [3.05, 3.63) is 0 Å². The molecule has 1 saturated heterocycles. The monoisotopic (exact) mass is 282 g/mol. The van der Waals surface area contributed by atoms with Crippen LogP contribution in [-0.2, 0) is 0 Å². The minimum Gasteiger partial charge on any atom is -0.328 e. The first-order valence-electron chi connectivity index (χ1n) is 8.88. The lowest BCUT2D eigenvalue weighted by molar-refractivity contribution is -0.880. The summed E-state index contributed by atoms with van der Waals surface area (Å²) in [5.41, 5.74) is 1.08. The number of quaternary nitrogens is 1. The van der Waals surface area contributed by atoms with Crippen LogP contribution in [0.25, 0.3) is 0 Å². The van der Waals surface area contributed by atoms with E-state index in [1.54, 1.807) is 0 Å². The molecule has 0 aliphatic carbocycles. The van der Waals surface area contributed by atoms with Gasteiger partial charge in [-0.3, -0.25) is 0 Å². The SMILES string of the molecule is CCC(C)(C)CC1C[N+](C)(C)CC1CC(C)(CC)CC. The Labute approximate surface area is 128 Å². The standard InChI is InChI=1S/C19H40N/c1-9-18(4,5)12-16-14-20(7,8)15-17(16)13-19(6,10-2)11-3/h16-17H,9-15H2,1-8H3/q+1. The minimum atomic E-state index is 0.516. The fourth-order valence-electron chi connectivity index (χ4n) is 4.13. The van der Waals surface area contributed by atoms with E-state index in [1.807, 2.05) is 0 Å². The van der Waals surface area contributed by atoms with Gasteiger partial charge in [-0.1, -0.05) is 60.8 Å². The summed E-state index contributed by atoms with van der Waals surface area (Å²) < 4.78 is 1.23. The Balaban J connectivity index is 2.80. The van der Waals surface area contributed by atoms with Crippen molar-refractivity contribution in [1.29, 1.82) is 0 Å². The van der Waals surface area contributed by atoms with Crippen LogP contribution in [0.1, 0.15) is 73.6 Å². The number of likely N-dealkylation sites (tertiary alicyclic amines) is 1. The molecule has 1 heterocycles. The Hall–Kier alpha value is -0.0400. The Morgan fingerprint density at radius 1 is 0.800 bits per heavy atom. The van der Waals surface area contributed by atoms with E-state index >= 15 is 0 Å². The highest BCUT2D eigenvalue weighted by atomic mass is 15.3. The van der Waals surface area contributed by atoms with Crippen LogP contribution in [0, 0.1) is 22.7 Å². The van der Waals surface area contributed by atoms with E-state index in [4.69, 9.17) is 0 Å². The summed E-state index contributed by atoms with van der Waals surface area (Å²) in [7, 11) is 4.86. The van der Waals surface area contributed by atoms with Gasteiger partial charge < -0.3 is 4.48 Å². The van der Waals surface area contributed by atoms with Crippen LogP contribution in [0.3, 0.4) is 0 Å². The summed E-state index contributed by atoms with van der Waals surface area (Å²) in [5, 5.41) is 0. The van der Waals surface area contributed by atoms with Gasteiger partial charge in [-0.15, -0.1) is 0 Å². The molecule has 0 bridgehead atoms. The van der Waals surface area contributed by atoms with Gasteiger partial charge >= 0.3 is 0 Å². The Kier molecular flexibility index (Phi) is 5.75. The lowest BCUT2D eigenvalue weighted by atomic mass is 9.70. The van der Waals surface area contributed by atoms with E-state index in [9.17, 15) is 0 Å². The molecule has 1 nitrogen and oxygen atoms in total. The van der Waals surface area contributed by atoms with Gasteiger partial charge in [-0.2, -0.15) is 0 Å². The second kappa shape index (κ2) is 6.38. The molecule has 1 fully saturated rings. The zero-order chi connectivity index (χ0) is 15.6. The van der Waals surface area contributed by atoms with E-state index in [0.29, 0.717) is 10.8 Å². The van der Waals surface area contributed by atoms with Gasteiger partial charge in [0.05, 0.1) is 27.2 Å². The second-order valence-electron chi connectivity index (χ2n) is 9.26. The number of nitrogens with zero attached hydrogens (tertiary/aromatic N) is 1. The van der Waals surface area contributed by atoms with Crippen molar-refractivity contribution in [3.8, 4) is 0 Å². The molecule has 1 aliphatic heterocycles. The van der Waals surface area contributed by atoms with Crippen LogP contribution >= 0.6 is 0 Å². The molecule has 1 rings (SSSR count). The molecule has 0 radical (unpaired) electrons. The summed E-state index contributed by atoms with van der Waals surface area (Å²) >= 11 is 0. The van der Waals surface area contributed by atoms with Gasteiger partial charge in [-0.25, -0.2) is 0 Å². The van der Waals surface area contributed by atoms with Crippen LogP contribution in [0.15, 0.2) is 0 Å². The molecule has 0 aromatic rings. The molecule has 2 unspecified atom stereocenters. The van der Waals surface area contributed by atoms with E-state index in [2.05, 4.69) is 55.6 Å². The van der Waals surface area contributed by atoms with Crippen LogP contribution < -0.4 is 0 Å². The predicted molar refractivity (Wildman–Crippen MR) is 90.8 cm³/mol. The minimum absolute atomic E-state index is 0.516. The van der Waals surface area contributed by atoms with Crippen molar-refractivity contribution in [2.75, 3.05) is 27.2 Å². The molecule has 0 amide bonds. The fourth-order valence-corrected chi connectivity index (χ4v) is 4.13. The predicted octanol–water partition coefficient (Wildman–Crippen LogP) is 5.35. The maximum atomic E-state index is 2.51. The topological polar surface area (TPSA) is 0 Å². The molecule has 0 N–H and O–H groups in total. The third-order valence-electron chi connectivity index (χ3n) is 6.36. The zero-order valence-corrected chi connectivity index (χ0v) is 15.6. The first-order valence-corrected chi connectivity index (χ1v) is 8.88. The Bertz CT molecular complexity index is 299. The Morgan fingerprint density at radius 3 is 1.65 bits per heavy atom. The number of hydrogen-bond acceptors (Lipinski definition) is 0. The Morgan fingerprint density at radius 2 is 1.25 bits per heavy atom. The van der Waals surface area contributed by atoms with E-state index in [0.717, 1.165) is 11.8 Å². The van der Waals surface area contributed by atoms with Crippen molar-refractivity contribution in [3.63, 3.8) is 0 Å². The average molecular weight is 283 g/mol. The molecular formula is C19H40N+. The highest BCUT2D eigenvalue weighted by Gasteiger charge is 2.44. The quantitative estimate of drug-likeness (QED) is 0.552. The molecule has 1 aliphatic rings. The van der Waals surface area contributed by atoms with E-state index < -0.39 is 0 Å². The lowest BCUT2D eigenvalue weighted by Gasteiger charge is -2.33. The first-order chi connectivity index (χ1) is 9.06. The molecule has 0 aromatic carbocycles. The summed E-state index contributed by atoms with van der Waals surface area (Å²) in [5.74, 6) is 1.86. The summed E-state index contributed by atoms with van der Waals surface area (Å²) in [4.78, 5) is 0. The normalized spacial score (nSPS) is 27.0. The maximum absolute atomic E-state index is 2.51. The van der Waals surface area contributed by atoms with Crippen molar-refractivity contribution in [2.24, 2.45) is 22.7 Å². The molecule has 0 saturated carbocycles. The molecule has 1 heteroatoms. The highest BCUT2D eigenvalue weighted by molar-refractivity contribution is 4.85. The summed E-state index contributed by atoms with van der Waals surface area (Å²) in [6.07, 6.45) is 6.82. The van der Waals surface area contributed by atoms with Gasteiger partial charge in [-0.05, 0) is 23.7 Å². The second-order valence-corrected chi connectivity index (χ2v) is 9.26. The third kappa shape index (κ3) is 4.76. The lowest BCUT2D eigenvalue weighted by Crippen LogP contribution is -2.37. The molecule has 120 valence electrons. The van der Waals surface area contributed by atoms with Crippen LogP contribution in [0.2, 0.25) is 0 Å². The summed E-state index contributed by atoms with van der Waals surface area (Å²) in [6, 6.07) is 0. The first kappa shape index (κ1) is 18.0. The van der Waals surface area contributed by atoms with Crippen molar-refractivity contribution < 1.29 is 4.48 Å². The van der Waals surface area contributed by atoms with Crippen LogP contribution in [0.4, 0.5) is 0 Å². The summed E-state index contributed by atoms with van der Waals surface area (Å²) in [6.45, 7) is 17.3. The van der Waals surface area contributed by atoms with Crippen LogP contribution in [-0.4, -0.2) is 31.7 Å². The zero-order valence-electron chi connectivity index (χ0n) is 15.6. The smallest absolute Gasteiger partial charge is 0.0816 e. The number of rotatable bonds is 7. The molecule has 0 spiro atoms. The van der Waals surface area contributed by atoms with Gasteiger partial charge in [0.2, 0.25) is 0 Å². The van der Waals surface area contributed by atoms with Gasteiger partial charge in [0.1, 0.15) is 0 Å². The van der Waals surface area contributed by atoms with Crippen molar-refractivity contribution in [1.82, 2.24) is 0 Å². The molecule has 20 heavy (non-hydrogen) atoms. The van der Waals surface area contributed by atoms with E-state index in [1.165, 1.54) is 49.7 Å². The van der Waals surface area contributed by atoms with Crippen molar-refractivity contribution in [2.45, 2.75) is 73.6 Å².